The van der Waals surface area contributed by atoms with Crippen molar-refractivity contribution in [3.05, 3.63) is 29.8 Å². The van der Waals surface area contributed by atoms with Gasteiger partial charge in [-0.3, -0.25) is 0 Å². The van der Waals surface area contributed by atoms with Crippen LogP contribution in [0.2, 0.25) is 0 Å². The van der Waals surface area contributed by atoms with E-state index in [1.54, 1.807) is 7.11 Å². The van der Waals surface area contributed by atoms with Crippen molar-refractivity contribution >= 4 is 0 Å². The van der Waals surface area contributed by atoms with Gasteiger partial charge in [0, 0.05) is 12.1 Å². The first kappa shape index (κ1) is 15.3. The summed E-state index contributed by atoms with van der Waals surface area (Å²) < 4.78 is 11.8. The molecule has 3 atom stereocenters. The Morgan fingerprint density at radius 1 is 1.25 bits per heavy atom. The van der Waals surface area contributed by atoms with Crippen LogP contribution in [0.25, 0.3) is 0 Å². The van der Waals surface area contributed by atoms with Gasteiger partial charge in [-0.1, -0.05) is 44.4 Å². The number of ether oxygens (including phenoxy) is 2. The number of hydrogen-bond donors (Lipinski definition) is 1. The van der Waals surface area contributed by atoms with Crippen molar-refractivity contribution in [2.75, 3.05) is 13.7 Å². The summed E-state index contributed by atoms with van der Waals surface area (Å²) in [6, 6.07) is 8.02. The van der Waals surface area contributed by atoms with E-state index in [9.17, 15) is 0 Å². The molecule has 1 aromatic carbocycles. The lowest BCUT2D eigenvalue weighted by Crippen LogP contribution is -2.31. The zero-order chi connectivity index (χ0) is 14.4. The van der Waals surface area contributed by atoms with E-state index in [0.717, 1.165) is 17.7 Å². The van der Waals surface area contributed by atoms with Gasteiger partial charge < -0.3 is 15.2 Å². The van der Waals surface area contributed by atoms with Crippen LogP contribution in [0.5, 0.6) is 5.75 Å². The first-order valence-electron chi connectivity index (χ1n) is 7.78. The topological polar surface area (TPSA) is 44.5 Å². The maximum atomic E-state index is 6.37. The SMILES string of the molecule is CCC1CCCCC1OC(CN)c1ccccc1OC. The van der Waals surface area contributed by atoms with Crippen molar-refractivity contribution in [3.63, 3.8) is 0 Å². The van der Waals surface area contributed by atoms with E-state index < -0.39 is 0 Å². The molecule has 3 unspecified atom stereocenters. The van der Waals surface area contributed by atoms with Crippen LogP contribution in [-0.4, -0.2) is 19.8 Å². The van der Waals surface area contributed by atoms with Gasteiger partial charge in [-0.05, 0) is 24.8 Å². The first-order valence-corrected chi connectivity index (χ1v) is 7.78. The van der Waals surface area contributed by atoms with E-state index >= 15 is 0 Å². The lowest BCUT2D eigenvalue weighted by Gasteiger charge is -2.34. The summed E-state index contributed by atoms with van der Waals surface area (Å²) in [6.07, 6.45) is 6.50. The second-order valence-corrected chi connectivity index (χ2v) is 5.59. The van der Waals surface area contributed by atoms with Crippen LogP contribution in [0.3, 0.4) is 0 Å². The summed E-state index contributed by atoms with van der Waals surface area (Å²) in [6.45, 7) is 2.75. The van der Waals surface area contributed by atoms with Gasteiger partial charge in [0.15, 0.2) is 0 Å². The fraction of sp³-hybridized carbons (Fsp3) is 0.647. The van der Waals surface area contributed by atoms with Crippen molar-refractivity contribution in [3.8, 4) is 5.75 Å². The smallest absolute Gasteiger partial charge is 0.124 e. The molecular weight excluding hydrogens is 250 g/mol. The minimum Gasteiger partial charge on any atom is -0.496 e. The van der Waals surface area contributed by atoms with E-state index in [1.807, 2.05) is 18.2 Å². The molecule has 0 aliphatic heterocycles. The second kappa shape index (κ2) is 7.65. The van der Waals surface area contributed by atoms with E-state index in [-0.39, 0.29) is 6.10 Å². The molecule has 3 nitrogen and oxygen atoms in total. The minimum absolute atomic E-state index is 0.0664. The molecule has 2 N–H and O–H groups in total. The summed E-state index contributed by atoms with van der Waals surface area (Å²) in [5, 5.41) is 0. The highest BCUT2D eigenvalue weighted by atomic mass is 16.5. The van der Waals surface area contributed by atoms with E-state index in [0.29, 0.717) is 18.6 Å². The molecule has 0 heterocycles. The fourth-order valence-electron chi connectivity index (χ4n) is 3.22. The highest BCUT2D eigenvalue weighted by Gasteiger charge is 2.28. The van der Waals surface area contributed by atoms with Crippen molar-refractivity contribution < 1.29 is 9.47 Å². The molecule has 2 rings (SSSR count). The normalized spacial score (nSPS) is 24.4. The van der Waals surface area contributed by atoms with Crippen LogP contribution in [0.4, 0.5) is 0 Å². The molecule has 20 heavy (non-hydrogen) atoms. The van der Waals surface area contributed by atoms with E-state index in [1.165, 1.54) is 25.7 Å². The van der Waals surface area contributed by atoms with Crippen molar-refractivity contribution in [2.45, 2.75) is 51.2 Å². The molecule has 0 radical (unpaired) electrons. The minimum atomic E-state index is -0.0664. The van der Waals surface area contributed by atoms with Crippen molar-refractivity contribution in [1.82, 2.24) is 0 Å². The summed E-state index contributed by atoms with van der Waals surface area (Å²) in [5.41, 5.74) is 7.02. The molecule has 112 valence electrons. The Bertz CT molecular complexity index is 408. The standard InChI is InChI=1S/C17H27NO2/c1-3-13-8-4-6-10-15(13)20-17(12-18)14-9-5-7-11-16(14)19-2/h5,7,9,11,13,15,17H,3-4,6,8,10,12,18H2,1-2H3. The number of methoxy groups -OCH3 is 1. The van der Waals surface area contributed by atoms with Crippen LogP contribution >= 0.6 is 0 Å². The number of benzene rings is 1. The van der Waals surface area contributed by atoms with E-state index in [4.69, 9.17) is 15.2 Å². The largest absolute Gasteiger partial charge is 0.496 e. The lowest BCUT2D eigenvalue weighted by molar-refractivity contribution is -0.0593. The number of nitrogens with two attached hydrogens (primary N) is 1. The predicted octanol–water partition coefficient (Wildman–Crippen LogP) is 3.68. The zero-order valence-corrected chi connectivity index (χ0v) is 12.7. The third-order valence-corrected chi connectivity index (χ3v) is 4.40. The van der Waals surface area contributed by atoms with Gasteiger partial charge in [-0.25, -0.2) is 0 Å². The second-order valence-electron chi connectivity index (χ2n) is 5.59. The Kier molecular flexibility index (Phi) is 5.86. The van der Waals surface area contributed by atoms with Gasteiger partial charge in [0.1, 0.15) is 5.75 Å². The fourth-order valence-corrected chi connectivity index (χ4v) is 3.22. The Hall–Kier alpha value is -1.06. The average molecular weight is 277 g/mol. The molecule has 0 amide bonds. The number of hydrogen-bond acceptors (Lipinski definition) is 3. The molecule has 0 bridgehead atoms. The zero-order valence-electron chi connectivity index (χ0n) is 12.7. The molecule has 3 heteroatoms. The Morgan fingerprint density at radius 2 is 2.00 bits per heavy atom. The molecular formula is C17H27NO2. The van der Waals surface area contributed by atoms with Crippen molar-refractivity contribution in [2.24, 2.45) is 11.7 Å². The van der Waals surface area contributed by atoms with Crippen LogP contribution < -0.4 is 10.5 Å². The van der Waals surface area contributed by atoms with Gasteiger partial charge >= 0.3 is 0 Å². The van der Waals surface area contributed by atoms with Gasteiger partial charge in [-0.2, -0.15) is 0 Å². The van der Waals surface area contributed by atoms with E-state index in [2.05, 4.69) is 13.0 Å². The van der Waals surface area contributed by atoms with Gasteiger partial charge in [0.2, 0.25) is 0 Å². The van der Waals surface area contributed by atoms with Crippen LogP contribution in [0, 0.1) is 5.92 Å². The lowest BCUT2D eigenvalue weighted by atomic mass is 9.84. The summed E-state index contributed by atoms with van der Waals surface area (Å²) >= 11 is 0. The maximum absolute atomic E-state index is 6.37. The molecule has 1 aliphatic rings. The monoisotopic (exact) mass is 277 g/mol. The predicted molar refractivity (Wildman–Crippen MR) is 81.9 cm³/mol. The van der Waals surface area contributed by atoms with Gasteiger partial charge in [0.05, 0.1) is 19.3 Å². The Labute approximate surface area is 122 Å². The van der Waals surface area contributed by atoms with Gasteiger partial charge in [-0.15, -0.1) is 0 Å². The third-order valence-electron chi connectivity index (χ3n) is 4.40. The average Bonchev–Trinajstić information content (AvgIpc) is 2.53. The maximum Gasteiger partial charge on any atom is 0.124 e. The first-order chi connectivity index (χ1) is 9.80. The summed E-state index contributed by atoms with van der Waals surface area (Å²) in [4.78, 5) is 0. The molecule has 0 saturated heterocycles. The van der Waals surface area contributed by atoms with Crippen LogP contribution in [0.15, 0.2) is 24.3 Å². The third kappa shape index (κ3) is 3.53. The summed E-state index contributed by atoms with van der Waals surface area (Å²) in [5.74, 6) is 1.54. The highest BCUT2D eigenvalue weighted by Crippen LogP contribution is 2.34. The van der Waals surface area contributed by atoms with Gasteiger partial charge in [0.25, 0.3) is 0 Å². The number of rotatable bonds is 6. The Morgan fingerprint density at radius 3 is 2.70 bits per heavy atom. The molecule has 1 aromatic rings. The highest BCUT2D eigenvalue weighted by molar-refractivity contribution is 5.35. The molecule has 0 spiro atoms. The number of para-hydroxylation sites is 1. The Balaban J connectivity index is 2.11. The molecule has 0 aromatic heterocycles. The molecule has 1 saturated carbocycles. The van der Waals surface area contributed by atoms with Crippen LogP contribution in [0.1, 0.15) is 50.7 Å². The van der Waals surface area contributed by atoms with Crippen molar-refractivity contribution in [1.29, 1.82) is 0 Å². The van der Waals surface area contributed by atoms with Crippen LogP contribution in [-0.2, 0) is 4.74 Å². The quantitative estimate of drug-likeness (QED) is 0.862. The molecule has 1 aliphatic carbocycles. The molecule has 1 fully saturated rings. The summed E-state index contributed by atoms with van der Waals surface area (Å²) in [7, 11) is 1.70.